The van der Waals surface area contributed by atoms with E-state index in [2.05, 4.69) is 14.9 Å². The van der Waals surface area contributed by atoms with Gasteiger partial charge in [0, 0.05) is 5.27 Å². The van der Waals surface area contributed by atoms with Gasteiger partial charge in [-0.25, -0.2) is 0 Å². The second-order valence-electron chi connectivity index (χ2n) is 1.29. The van der Waals surface area contributed by atoms with Gasteiger partial charge in [0.25, 0.3) is 0 Å². The van der Waals surface area contributed by atoms with Gasteiger partial charge in [0.05, 0.1) is 0 Å². The maximum Gasteiger partial charge on any atom is 0.237 e. The number of nitrogens with zero attached hydrogens (tertiary/aromatic N) is 2. The summed E-state index contributed by atoms with van der Waals surface area (Å²) in [5.41, 5.74) is 0.188. The van der Waals surface area contributed by atoms with Crippen LogP contribution in [0, 0.1) is 0 Å². The van der Waals surface area contributed by atoms with Crippen LogP contribution in [0.15, 0.2) is 10.8 Å². The first-order chi connectivity index (χ1) is 4.11. The predicted molar refractivity (Wildman–Crippen MR) is 33.5 cm³/mol. The minimum Gasteiger partial charge on any atom is -0.345 e. The summed E-state index contributed by atoms with van der Waals surface area (Å²) in [6.07, 6.45) is 1.17. The van der Waals surface area contributed by atoms with Crippen molar-refractivity contribution in [1.82, 2.24) is 10.4 Å². The summed E-state index contributed by atoms with van der Waals surface area (Å²) < 4.78 is 2.80. The Morgan fingerprint density at radius 1 is 1.44 bits per heavy atom. The third kappa shape index (κ3) is 1.71. The molecule has 1 rings (SSSR count). The van der Waals surface area contributed by atoms with Crippen LogP contribution in [0.3, 0.4) is 0 Å². The van der Waals surface area contributed by atoms with Crippen LogP contribution < -0.4 is 0 Å². The van der Waals surface area contributed by atoms with E-state index in [1.807, 2.05) is 0 Å². The largest absolute Gasteiger partial charge is 0.345 e. The summed E-state index contributed by atoms with van der Waals surface area (Å²) in [7, 11) is 0. The zero-order chi connectivity index (χ0) is 6.91. The molecular formula is C3HCl3N2O. The van der Waals surface area contributed by atoms with E-state index in [-0.39, 0.29) is 5.69 Å². The molecule has 1 aromatic heterocycles. The summed E-state index contributed by atoms with van der Waals surface area (Å²) in [6, 6.07) is 0. The molecule has 1 heterocycles. The molecule has 0 aliphatic carbocycles. The lowest BCUT2D eigenvalue weighted by Gasteiger charge is -2.01. The summed E-state index contributed by atoms with van der Waals surface area (Å²) in [4.78, 5) is 0. The molecule has 0 aliphatic rings. The molecule has 1 aromatic rings. The van der Waals surface area contributed by atoms with Gasteiger partial charge in [0.2, 0.25) is 3.79 Å². The van der Waals surface area contributed by atoms with Crippen LogP contribution in [0.1, 0.15) is 5.69 Å². The van der Waals surface area contributed by atoms with Crippen molar-refractivity contribution >= 4 is 34.8 Å². The third-order valence-electron chi connectivity index (χ3n) is 0.650. The van der Waals surface area contributed by atoms with Crippen molar-refractivity contribution in [2.24, 2.45) is 0 Å². The monoisotopic (exact) mass is 186 g/mol. The highest BCUT2D eigenvalue weighted by Gasteiger charge is 2.26. The molecule has 0 spiro atoms. The van der Waals surface area contributed by atoms with Crippen LogP contribution in [0.25, 0.3) is 0 Å². The van der Waals surface area contributed by atoms with Gasteiger partial charge >= 0.3 is 0 Å². The topological polar surface area (TPSA) is 38.9 Å². The quantitative estimate of drug-likeness (QED) is 0.582. The molecule has 0 aliphatic heterocycles. The SMILES string of the molecule is ClC(Cl)(Cl)c1conn1. The average Bonchev–Trinajstić information content (AvgIpc) is 2.08. The van der Waals surface area contributed by atoms with Gasteiger partial charge in [0.15, 0.2) is 12.0 Å². The first kappa shape index (κ1) is 7.12. The third-order valence-corrected chi connectivity index (χ3v) is 1.23. The Labute approximate surface area is 65.9 Å². The van der Waals surface area contributed by atoms with E-state index in [9.17, 15) is 0 Å². The smallest absolute Gasteiger partial charge is 0.237 e. The van der Waals surface area contributed by atoms with Crippen LogP contribution in [0.2, 0.25) is 0 Å². The molecule has 0 N–H and O–H groups in total. The minimum atomic E-state index is -1.53. The maximum atomic E-state index is 5.37. The molecule has 0 fully saturated rings. The van der Waals surface area contributed by atoms with Crippen molar-refractivity contribution in [3.63, 3.8) is 0 Å². The second-order valence-corrected chi connectivity index (χ2v) is 3.57. The number of hydrogen-bond donors (Lipinski definition) is 0. The summed E-state index contributed by atoms with van der Waals surface area (Å²) in [6.45, 7) is 0. The van der Waals surface area contributed by atoms with Gasteiger partial charge in [-0.05, 0) is 0 Å². The van der Waals surface area contributed by atoms with Gasteiger partial charge in [0.1, 0.15) is 0 Å². The number of halogens is 3. The van der Waals surface area contributed by atoms with Crippen LogP contribution >= 0.6 is 34.8 Å². The highest BCUT2D eigenvalue weighted by Crippen LogP contribution is 2.36. The molecule has 9 heavy (non-hydrogen) atoms. The molecular weight excluding hydrogens is 186 g/mol. The Morgan fingerprint density at radius 3 is 2.33 bits per heavy atom. The van der Waals surface area contributed by atoms with Gasteiger partial charge in [-0.2, -0.15) is 0 Å². The minimum absolute atomic E-state index is 0.188. The van der Waals surface area contributed by atoms with Crippen molar-refractivity contribution in [3.05, 3.63) is 12.0 Å². The van der Waals surface area contributed by atoms with Gasteiger partial charge in [-0.15, -0.1) is 5.10 Å². The molecule has 0 atom stereocenters. The van der Waals surface area contributed by atoms with Crippen LogP contribution in [0.4, 0.5) is 0 Å². The molecule has 0 aromatic carbocycles. The van der Waals surface area contributed by atoms with Crippen molar-refractivity contribution in [3.8, 4) is 0 Å². The van der Waals surface area contributed by atoms with Crippen molar-refractivity contribution in [2.75, 3.05) is 0 Å². The number of alkyl halides is 3. The van der Waals surface area contributed by atoms with E-state index in [0.29, 0.717) is 0 Å². The first-order valence-electron chi connectivity index (χ1n) is 1.95. The van der Waals surface area contributed by atoms with E-state index in [1.165, 1.54) is 6.26 Å². The summed E-state index contributed by atoms with van der Waals surface area (Å²) in [5.74, 6) is 0. The fraction of sp³-hybridized carbons (Fsp3) is 0.333. The molecule has 0 bridgehead atoms. The van der Waals surface area contributed by atoms with Gasteiger partial charge in [-0.3, -0.25) is 0 Å². The van der Waals surface area contributed by atoms with Crippen LogP contribution in [0.5, 0.6) is 0 Å². The Hall–Kier alpha value is 0.01000. The molecule has 0 saturated carbocycles. The maximum absolute atomic E-state index is 5.37. The van der Waals surface area contributed by atoms with Gasteiger partial charge < -0.3 is 4.52 Å². The van der Waals surface area contributed by atoms with Crippen molar-refractivity contribution in [2.45, 2.75) is 3.79 Å². The molecule has 0 radical (unpaired) electrons. The van der Waals surface area contributed by atoms with E-state index in [1.54, 1.807) is 0 Å². The number of aromatic nitrogens is 2. The molecule has 0 amide bonds. The van der Waals surface area contributed by atoms with E-state index < -0.39 is 3.79 Å². The zero-order valence-corrected chi connectivity index (χ0v) is 6.28. The molecule has 3 nitrogen and oxygen atoms in total. The van der Waals surface area contributed by atoms with Gasteiger partial charge in [-0.1, -0.05) is 34.8 Å². The van der Waals surface area contributed by atoms with Crippen molar-refractivity contribution in [1.29, 1.82) is 0 Å². The van der Waals surface area contributed by atoms with Crippen LogP contribution in [-0.4, -0.2) is 10.4 Å². The molecule has 0 saturated heterocycles. The predicted octanol–water partition coefficient (Wildman–Crippen LogP) is 1.90. The summed E-state index contributed by atoms with van der Waals surface area (Å²) >= 11 is 16.1. The Bertz CT molecular complexity index is 179. The average molecular weight is 187 g/mol. The Balaban J connectivity index is 2.90. The van der Waals surface area contributed by atoms with Crippen molar-refractivity contribution < 1.29 is 4.52 Å². The number of rotatable bonds is 0. The molecule has 6 heteroatoms. The number of hydrogen-bond acceptors (Lipinski definition) is 3. The fourth-order valence-corrected chi connectivity index (χ4v) is 0.535. The highest BCUT2D eigenvalue weighted by molar-refractivity contribution is 6.66. The lowest BCUT2D eigenvalue weighted by molar-refractivity contribution is 0.392. The Kier molecular flexibility index (Phi) is 1.84. The lowest BCUT2D eigenvalue weighted by Crippen LogP contribution is -1.99. The van der Waals surface area contributed by atoms with E-state index in [0.717, 1.165) is 0 Å². The molecule has 0 unspecified atom stereocenters. The molecule has 50 valence electrons. The fourth-order valence-electron chi connectivity index (χ4n) is 0.288. The Morgan fingerprint density at radius 2 is 2.11 bits per heavy atom. The first-order valence-corrected chi connectivity index (χ1v) is 3.08. The van der Waals surface area contributed by atoms with E-state index in [4.69, 9.17) is 34.8 Å². The highest BCUT2D eigenvalue weighted by atomic mass is 35.6. The normalized spacial score (nSPS) is 11.9. The zero-order valence-electron chi connectivity index (χ0n) is 4.01. The van der Waals surface area contributed by atoms with Crippen LogP contribution in [-0.2, 0) is 3.79 Å². The second kappa shape index (κ2) is 2.33. The lowest BCUT2D eigenvalue weighted by atomic mass is 10.6. The summed E-state index contributed by atoms with van der Waals surface area (Å²) in [5, 5.41) is 6.49. The standard InChI is InChI=1S/C3HCl3N2O/c4-3(5,6)2-1-9-8-7-2/h1H. The van der Waals surface area contributed by atoms with E-state index >= 15 is 0 Å².